The van der Waals surface area contributed by atoms with Gasteiger partial charge in [-0.1, -0.05) is 22.9 Å². The molecule has 0 unspecified atom stereocenters. The molecule has 3 aromatic rings. The van der Waals surface area contributed by atoms with Crippen LogP contribution in [0.5, 0.6) is 11.5 Å². The molecule has 2 N–H and O–H groups in total. The second-order valence-electron chi connectivity index (χ2n) is 7.97. The molecule has 33 heavy (non-hydrogen) atoms. The number of carbonyl (C=O) groups is 1. The summed E-state index contributed by atoms with van der Waals surface area (Å²) in [6.45, 7) is 7.72. The Balaban J connectivity index is 1.36. The van der Waals surface area contributed by atoms with Crippen LogP contribution in [0.1, 0.15) is 42.6 Å². The molecule has 1 aliphatic rings. The van der Waals surface area contributed by atoms with Gasteiger partial charge in [0, 0.05) is 25.7 Å². The topological polar surface area (TPSA) is 83.9 Å². The highest BCUT2D eigenvalue weighted by Crippen LogP contribution is 2.36. The van der Waals surface area contributed by atoms with E-state index in [4.69, 9.17) is 21.1 Å². The van der Waals surface area contributed by atoms with Gasteiger partial charge in [0.2, 0.25) is 0 Å². The van der Waals surface area contributed by atoms with Crippen LogP contribution < -0.4 is 14.8 Å². The molecule has 9 heteroatoms. The molecule has 1 fully saturated rings. The van der Waals surface area contributed by atoms with Crippen LogP contribution in [-0.2, 0) is 6.54 Å². The Morgan fingerprint density at radius 1 is 1.18 bits per heavy atom. The van der Waals surface area contributed by atoms with E-state index in [1.807, 2.05) is 32.0 Å². The zero-order valence-electron chi connectivity index (χ0n) is 18.8. The summed E-state index contributed by atoms with van der Waals surface area (Å²) in [5.41, 5.74) is 2.10. The van der Waals surface area contributed by atoms with Crippen LogP contribution in [-0.4, -0.2) is 53.3 Å². The van der Waals surface area contributed by atoms with E-state index in [1.165, 1.54) is 0 Å². The van der Waals surface area contributed by atoms with Crippen molar-refractivity contribution < 1.29 is 19.4 Å². The number of anilines is 1. The largest absolute Gasteiger partial charge is 0.492 e. The lowest BCUT2D eigenvalue weighted by Gasteiger charge is -2.32. The Morgan fingerprint density at radius 3 is 2.45 bits per heavy atom. The van der Waals surface area contributed by atoms with E-state index in [9.17, 15) is 9.90 Å². The number of piperidine rings is 1. The quantitative estimate of drug-likeness (QED) is 0.409. The minimum Gasteiger partial charge on any atom is -0.492 e. The molecule has 0 radical (unpaired) electrons. The van der Waals surface area contributed by atoms with Crippen molar-refractivity contribution in [2.24, 2.45) is 0 Å². The third kappa shape index (κ3) is 5.69. The Morgan fingerprint density at radius 2 is 1.85 bits per heavy atom. The number of aromatic carboxylic acids is 1. The van der Waals surface area contributed by atoms with Crippen LogP contribution in [0.25, 0.3) is 10.2 Å². The third-order valence-corrected chi connectivity index (χ3v) is 6.96. The number of fused-ring (bicyclic) bond motifs is 1. The van der Waals surface area contributed by atoms with Gasteiger partial charge < -0.3 is 19.9 Å². The first-order chi connectivity index (χ1) is 16.0. The van der Waals surface area contributed by atoms with Crippen LogP contribution in [0, 0.1) is 0 Å². The maximum atomic E-state index is 11.2. The van der Waals surface area contributed by atoms with Crippen molar-refractivity contribution in [2.75, 3.05) is 31.6 Å². The van der Waals surface area contributed by atoms with Crippen molar-refractivity contribution in [1.29, 1.82) is 0 Å². The standard InChI is InChI=1S/C24H28ClN3O4S/c1-3-31-19-11-15(12-20(22(19)25)32-4-2)14-28-9-7-17(8-10-28)26-24-27-18-13-16(23(29)30)5-6-21(18)33-24/h5-6,11-13,17H,3-4,7-10,14H2,1-2H3,(H,26,27)(H,29,30). The number of nitrogens with one attached hydrogen (secondary N) is 1. The van der Waals surface area contributed by atoms with Gasteiger partial charge in [-0.3, -0.25) is 4.90 Å². The Labute approximate surface area is 202 Å². The number of ether oxygens (including phenoxy) is 2. The van der Waals surface area contributed by atoms with Gasteiger partial charge >= 0.3 is 5.97 Å². The smallest absolute Gasteiger partial charge is 0.335 e. The van der Waals surface area contributed by atoms with Crippen LogP contribution >= 0.6 is 22.9 Å². The van der Waals surface area contributed by atoms with Crippen molar-refractivity contribution in [1.82, 2.24) is 9.88 Å². The third-order valence-electron chi connectivity index (χ3n) is 5.62. The highest BCUT2D eigenvalue weighted by atomic mass is 35.5. The molecule has 1 saturated heterocycles. The average molecular weight is 490 g/mol. The molecule has 1 aromatic heterocycles. The molecule has 0 spiro atoms. The predicted molar refractivity (Wildman–Crippen MR) is 132 cm³/mol. The first kappa shape index (κ1) is 23.6. The summed E-state index contributed by atoms with van der Waals surface area (Å²) in [6.07, 6.45) is 2.00. The van der Waals surface area contributed by atoms with Gasteiger partial charge in [-0.25, -0.2) is 9.78 Å². The Hall–Kier alpha value is -2.55. The number of hydrogen-bond acceptors (Lipinski definition) is 7. The fourth-order valence-electron chi connectivity index (χ4n) is 4.03. The van der Waals surface area contributed by atoms with Crippen molar-refractivity contribution in [3.63, 3.8) is 0 Å². The number of aromatic nitrogens is 1. The second kappa shape index (κ2) is 10.6. The van der Waals surface area contributed by atoms with Gasteiger partial charge in [0.15, 0.2) is 5.13 Å². The summed E-state index contributed by atoms with van der Waals surface area (Å²) in [7, 11) is 0. The zero-order valence-corrected chi connectivity index (χ0v) is 20.3. The zero-order chi connectivity index (χ0) is 23.4. The molecular formula is C24H28ClN3O4S. The number of carboxylic acid groups (broad SMARTS) is 1. The molecule has 7 nitrogen and oxygen atoms in total. The summed E-state index contributed by atoms with van der Waals surface area (Å²) in [6, 6.07) is 9.42. The lowest BCUT2D eigenvalue weighted by atomic mass is 10.0. The molecule has 1 aliphatic heterocycles. The summed E-state index contributed by atoms with van der Waals surface area (Å²) in [5.74, 6) is 0.395. The Kier molecular flexibility index (Phi) is 7.57. The highest BCUT2D eigenvalue weighted by molar-refractivity contribution is 7.22. The first-order valence-corrected chi connectivity index (χ1v) is 12.4. The van der Waals surface area contributed by atoms with E-state index < -0.39 is 5.97 Å². The van der Waals surface area contributed by atoms with Crippen molar-refractivity contribution in [3.8, 4) is 11.5 Å². The van der Waals surface area contributed by atoms with Crippen LogP contribution in [0.4, 0.5) is 5.13 Å². The fourth-order valence-corrected chi connectivity index (χ4v) is 5.17. The van der Waals surface area contributed by atoms with Gasteiger partial charge in [-0.2, -0.15) is 0 Å². The van der Waals surface area contributed by atoms with Gasteiger partial charge in [0.25, 0.3) is 0 Å². The molecule has 2 heterocycles. The van der Waals surface area contributed by atoms with E-state index >= 15 is 0 Å². The highest BCUT2D eigenvalue weighted by Gasteiger charge is 2.21. The van der Waals surface area contributed by atoms with Gasteiger partial charge in [-0.05, 0) is 62.6 Å². The molecule has 4 rings (SSSR count). The maximum absolute atomic E-state index is 11.2. The van der Waals surface area contributed by atoms with E-state index in [0.717, 1.165) is 53.4 Å². The normalized spacial score (nSPS) is 15.0. The van der Waals surface area contributed by atoms with Crippen molar-refractivity contribution >= 4 is 44.3 Å². The second-order valence-corrected chi connectivity index (χ2v) is 9.38. The molecule has 0 atom stereocenters. The molecule has 2 aromatic carbocycles. The van der Waals surface area contributed by atoms with Crippen molar-refractivity contribution in [2.45, 2.75) is 39.3 Å². The molecule has 0 saturated carbocycles. The lowest BCUT2D eigenvalue weighted by Crippen LogP contribution is -2.38. The number of hydrogen-bond donors (Lipinski definition) is 2. The van der Waals surface area contributed by atoms with E-state index in [2.05, 4.69) is 15.2 Å². The van der Waals surface area contributed by atoms with E-state index in [1.54, 1.807) is 23.5 Å². The molecule has 0 bridgehead atoms. The fraction of sp³-hybridized carbons (Fsp3) is 0.417. The number of likely N-dealkylation sites (tertiary alicyclic amines) is 1. The molecule has 0 aliphatic carbocycles. The average Bonchev–Trinajstić information content (AvgIpc) is 3.20. The summed E-state index contributed by atoms with van der Waals surface area (Å²) in [4.78, 5) is 18.2. The molecular weight excluding hydrogens is 462 g/mol. The molecule has 0 amide bonds. The van der Waals surface area contributed by atoms with E-state index in [-0.39, 0.29) is 5.56 Å². The number of halogens is 1. The number of carboxylic acids is 1. The molecule has 176 valence electrons. The van der Waals surface area contributed by atoms with Crippen LogP contribution in [0.2, 0.25) is 5.02 Å². The summed E-state index contributed by atoms with van der Waals surface area (Å²) >= 11 is 7.98. The minimum atomic E-state index is -0.936. The monoisotopic (exact) mass is 489 g/mol. The number of nitrogens with zero attached hydrogens (tertiary/aromatic N) is 2. The van der Waals surface area contributed by atoms with Crippen molar-refractivity contribution in [3.05, 3.63) is 46.5 Å². The van der Waals surface area contributed by atoms with E-state index in [0.29, 0.717) is 35.8 Å². The number of benzene rings is 2. The number of thiazole rings is 1. The van der Waals surface area contributed by atoms with Gasteiger partial charge in [-0.15, -0.1) is 0 Å². The number of rotatable bonds is 9. The lowest BCUT2D eigenvalue weighted by molar-refractivity contribution is 0.0697. The van der Waals surface area contributed by atoms with Gasteiger partial charge in [0.1, 0.15) is 16.5 Å². The maximum Gasteiger partial charge on any atom is 0.335 e. The summed E-state index contributed by atoms with van der Waals surface area (Å²) < 4.78 is 12.4. The Bertz CT molecular complexity index is 1100. The first-order valence-electron chi connectivity index (χ1n) is 11.2. The summed E-state index contributed by atoms with van der Waals surface area (Å²) in [5, 5.41) is 14.1. The SMILES string of the molecule is CCOc1cc(CN2CCC(Nc3nc4cc(C(=O)O)ccc4s3)CC2)cc(OCC)c1Cl. The van der Waals surface area contributed by atoms with Crippen LogP contribution in [0.3, 0.4) is 0 Å². The predicted octanol–water partition coefficient (Wildman–Crippen LogP) is 5.52. The van der Waals surface area contributed by atoms with Gasteiger partial charge in [0.05, 0.1) is 29.0 Å². The minimum absolute atomic E-state index is 0.259. The van der Waals surface area contributed by atoms with Crippen LogP contribution in [0.15, 0.2) is 30.3 Å².